The van der Waals surface area contributed by atoms with Crippen molar-refractivity contribution in [2.24, 2.45) is 0 Å². The molecule has 0 radical (unpaired) electrons. The number of likely N-dealkylation sites (tertiary alicyclic amines) is 1. The molecule has 2 rings (SSSR count). The number of aliphatic hydroxyl groups excluding tert-OH is 1. The number of benzene rings is 1. The van der Waals surface area contributed by atoms with Crippen molar-refractivity contribution in [1.29, 1.82) is 0 Å². The maximum Gasteiger partial charge on any atom is 0.126 e. The van der Waals surface area contributed by atoms with Gasteiger partial charge in [-0.25, -0.2) is 4.39 Å². The predicted octanol–water partition coefficient (Wildman–Crippen LogP) is 1.66. The highest BCUT2D eigenvalue weighted by Crippen LogP contribution is 2.16. The van der Waals surface area contributed by atoms with Gasteiger partial charge in [-0.2, -0.15) is 0 Å². The molecule has 1 aliphatic heterocycles. The zero-order valence-electron chi connectivity index (χ0n) is 9.81. The summed E-state index contributed by atoms with van der Waals surface area (Å²) < 4.78 is 18.4. The van der Waals surface area contributed by atoms with Crippen LogP contribution in [-0.2, 0) is 0 Å². The SMILES string of the molecule is OC[C@@H]1CCCN1CCOc1cccc(F)c1. The van der Waals surface area contributed by atoms with Crippen LogP contribution in [0.4, 0.5) is 4.39 Å². The van der Waals surface area contributed by atoms with E-state index in [0.717, 1.165) is 25.9 Å². The van der Waals surface area contributed by atoms with E-state index in [2.05, 4.69) is 4.90 Å². The molecule has 0 unspecified atom stereocenters. The molecular formula is C13H18FNO2. The average Bonchev–Trinajstić information content (AvgIpc) is 2.77. The molecular weight excluding hydrogens is 221 g/mol. The van der Waals surface area contributed by atoms with Crippen LogP contribution < -0.4 is 4.74 Å². The molecule has 1 saturated heterocycles. The first kappa shape index (κ1) is 12.3. The molecule has 0 bridgehead atoms. The number of halogens is 1. The van der Waals surface area contributed by atoms with Crippen LogP contribution in [0.15, 0.2) is 24.3 Å². The van der Waals surface area contributed by atoms with E-state index in [4.69, 9.17) is 9.84 Å². The van der Waals surface area contributed by atoms with Crippen molar-refractivity contribution >= 4 is 0 Å². The quantitative estimate of drug-likeness (QED) is 0.848. The highest BCUT2D eigenvalue weighted by atomic mass is 19.1. The minimum Gasteiger partial charge on any atom is -0.492 e. The van der Waals surface area contributed by atoms with Crippen molar-refractivity contribution in [2.75, 3.05) is 26.3 Å². The van der Waals surface area contributed by atoms with Gasteiger partial charge >= 0.3 is 0 Å². The molecule has 0 spiro atoms. The molecule has 1 aliphatic rings. The number of rotatable bonds is 5. The smallest absolute Gasteiger partial charge is 0.126 e. The normalized spacial score (nSPS) is 20.7. The second-order valence-electron chi connectivity index (χ2n) is 4.32. The lowest BCUT2D eigenvalue weighted by Gasteiger charge is -2.22. The molecule has 17 heavy (non-hydrogen) atoms. The zero-order valence-corrected chi connectivity index (χ0v) is 9.81. The van der Waals surface area contributed by atoms with Crippen molar-refractivity contribution in [3.05, 3.63) is 30.1 Å². The molecule has 0 saturated carbocycles. The fraction of sp³-hybridized carbons (Fsp3) is 0.538. The first-order valence-corrected chi connectivity index (χ1v) is 6.03. The molecule has 1 aromatic carbocycles. The molecule has 94 valence electrons. The summed E-state index contributed by atoms with van der Waals surface area (Å²) in [6.45, 7) is 2.53. The third-order valence-electron chi connectivity index (χ3n) is 3.15. The number of nitrogens with zero attached hydrogens (tertiary/aromatic N) is 1. The topological polar surface area (TPSA) is 32.7 Å². The standard InChI is InChI=1S/C13H18FNO2/c14-11-3-1-5-13(9-11)17-8-7-15-6-2-4-12(15)10-16/h1,3,5,9,12,16H,2,4,6-8,10H2/t12-/m0/s1. The summed E-state index contributed by atoms with van der Waals surface area (Å²) in [7, 11) is 0. The molecule has 0 aliphatic carbocycles. The summed E-state index contributed by atoms with van der Waals surface area (Å²) in [5.41, 5.74) is 0. The largest absolute Gasteiger partial charge is 0.492 e. The van der Waals surface area contributed by atoms with Gasteiger partial charge in [0, 0.05) is 18.7 Å². The van der Waals surface area contributed by atoms with Crippen LogP contribution in [0, 0.1) is 5.82 Å². The van der Waals surface area contributed by atoms with E-state index in [1.54, 1.807) is 12.1 Å². The third kappa shape index (κ3) is 3.41. The van der Waals surface area contributed by atoms with E-state index in [1.807, 2.05) is 0 Å². The second-order valence-corrected chi connectivity index (χ2v) is 4.32. The van der Waals surface area contributed by atoms with Gasteiger partial charge in [0.15, 0.2) is 0 Å². The van der Waals surface area contributed by atoms with E-state index < -0.39 is 0 Å². The first-order valence-electron chi connectivity index (χ1n) is 6.03. The lowest BCUT2D eigenvalue weighted by molar-refractivity contribution is 0.139. The number of hydrogen-bond acceptors (Lipinski definition) is 3. The van der Waals surface area contributed by atoms with Gasteiger partial charge in [0.05, 0.1) is 6.61 Å². The van der Waals surface area contributed by atoms with Gasteiger partial charge in [-0.3, -0.25) is 4.90 Å². The molecule has 1 fully saturated rings. The van der Waals surface area contributed by atoms with Crippen molar-refractivity contribution in [1.82, 2.24) is 4.90 Å². The van der Waals surface area contributed by atoms with Crippen molar-refractivity contribution in [3.8, 4) is 5.75 Å². The molecule has 1 atom stereocenters. The average molecular weight is 239 g/mol. The van der Waals surface area contributed by atoms with Crippen LogP contribution in [0.25, 0.3) is 0 Å². The number of ether oxygens (including phenoxy) is 1. The minimum absolute atomic E-state index is 0.208. The van der Waals surface area contributed by atoms with Gasteiger partial charge < -0.3 is 9.84 Å². The highest BCUT2D eigenvalue weighted by Gasteiger charge is 2.22. The maximum atomic E-state index is 12.9. The van der Waals surface area contributed by atoms with Gasteiger partial charge in [-0.1, -0.05) is 6.07 Å². The van der Waals surface area contributed by atoms with Gasteiger partial charge in [0.25, 0.3) is 0 Å². The Hall–Kier alpha value is -1.13. The van der Waals surface area contributed by atoms with E-state index in [0.29, 0.717) is 12.4 Å². The summed E-state index contributed by atoms with van der Waals surface area (Å²) in [4.78, 5) is 2.22. The van der Waals surface area contributed by atoms with Gasteiger partial charge in [-0.15, -0.1) is 0 Å². The molecule has 0 amide bonds. The summed E-state index contributed by atoms with van der Waals surface area (Å²) in [6, 6.07) is 6.43. The summed E-state index contributed by atoms with van der Waals surface area (Å²) >= 11 is 0. The Kier molecular flexibility index (Phi) is 4.34. The van der Waals surface area contributed by atoms with Crippen LogP contribution in [0.2, 0.25) is 0 Å². The molecule has 1 heterocycles. The lowest BCUT2D eigenvalue weighted by atomic mass is 10.2. The fourth-order valence-electron chi connectivity index (χ4n) is 2.23. The fourth-order valence-corrected chi connectivity index (χ4v) is 2.23. The third-order valence-corrected chi connectivity index (χ3v) is 3.15. The highest BCUT2D eigenvalue weighted by molar-refractivity contribution is 5.22. The Morgan fingerprint density at radius 2 is 2.35 bits per heavy atom. The van der Waals surface area contributed by atoms with Crippen molar-refractivity contribution in [3.63, 3.8) is 0 Å². The Morgan fingerprint density at radius 3 is 3.12 bits per heavy atom. The van der Waals surface area contributed by atoms with Crippen LogP contribution in [0.5, 0.6) is 5.75 Å². The number of hydrogen-bond donors (Lipinski definition) is 1. The van der Waals surface area contributed by atoms with E-state index in [1.165, 1.54) is 12.1 Å². The molecule has 3 nitrogen and oxygen atoms in total. The Balaban J connectivity index is 1.76. The Labute approximate surface area is 101 Å². The molecule has 0 aromatic heterocycles. The minimum atomic E-state index is -0.281. The second kappa shape index (κ2) is 5.98. The van der Waals surface area contributed by atoms with E-state index in [-0.39, 0.29) is 18.5 Å². The van der Waals surface area contributed by atoms with Crippen LogP contribution in [-0.4, -0.2) is 42.4 Å². The Bertz CT molecular complexity index is 359. The van der Waals surface area contributed by atoms with Gasteiger partial charge in [0.1, 0.15) is 18.2 Å². The number of aliphatic hydroxyl groups is 1. The molecule has 4 heteroatoms. The van der Waals surface area contributed by atoms with Crippen LogP contribution in [0.3, 0.4) is 0 Å². The first-order chi connectivity index (χ1) is 8.29. The monoisotopic (exact) mass is 239 g/mol. The van der Waals surface area contributed by atoms with Gasteiger partial charge in [0.2, 0.25) is 0 Å². The van der Waals surface area contributed by atoms with Crippen molar-refractivity contribution < 1.29 is 14.2 Å². The van der Waals surface area contributed by atoms with Crippen LogP contribution in [0.1, 0.15) is 12.8 Å². The Morgan fingerprint density at radius 1 is 1.47 bits per heavy atom. The van der Waals surface area contributed by atoms with Gasteiger partial charge in [-0.05, 0) is 31.5 Å². The van der Waals surface area contributed by atoms with E-state index >= 15 is 0 Å². The molecule has 1 aromatic rings. The summed E-state index contributed by atoms with van der Waals surface area (Å²) in [5.74, 6) is 0.279. The molecule has 1 N–H and O–H groups in total. The predicted molar refractivity (Wildman–Crippen MR) is 63.6 cm³/mol. The maximum absolute atomic E-state index is 12.9. The van der Waals surface area contributed by atoms with Crippen molar-refractivity contribution in [2.45, 2.75) is 18.9 Å². The lowest BCUT2D eigenvalue weighted by Crippen LogP contribution is -2.35. The summed E-state index contributed by atoms with van der Waals surface area (Å²) in [6.07, 6.45) is 2.18. The summed E-state index contributed by atoms with van der Waals surface area (Å²) in [5, 5.41) is 9.16. The zero-order chi connectivity index (χ0) is 12.1. The van der Waals surface area contributed by atoms with E-state index in [9.17, 15) is 4.39 Å². The van der Waals surface area contributed by atoms with Crippen LogP contribution >= 0.6 is 0 Å².